The van der Waals surface area contributed by atoms with E-state index in [1.165, 1.54) is 0 Å². The van der Waals surface area contributed by atoms with Crippen LogP contribution in [0.4, 0.5) is 0 Å². The minimum absolute atomic E-state index is 0.241. The molecule has 64 valence electrons. The van der Waals surface area contributed by atoms with Crippen molar-refractivity contribution in [2.75, 3.05) is 0 Å². The quantitative estimate of drug-likeness (QED) is 0.417. The molecule has 0 aliphatic carbocycles. The predicted molar refractivity (Wildman–Crippen MR) is 41.6 cm³/mol. The van der Waals surface area contributed by atoms with E-state index in [0.29, 0.717) is 12.8 Å². The Morgan fingerprint density at radius 1 is 1.27 bits per heavy atom. The number of carbonyl (C=O) groups is 2. The number of hydrogen-bond donors (Lipinski definition) is 2. The zero-order valence-corrected chi connectivity index (χ0v) is 6.83. The molecule has 2 amide bonds. The molecule has 0 rings (SSSR count). The highest BCUT2D eigenvalue weighted by atomic mass is 16.1. The van der Waals surface area contributed by atoms with E-state index >= 15 is 0 Å². The van der Waals surface area contributed by atoms with Crippen LogP contribution in [-0.2, 0) is 9.59 Å². The van der Waals surface area contributed by atoms with E-state index in [-0.39, 0.29) is 12.1 Å². The zero-order chi connectivity index (χ0) is 8.69. The molecular formula is C7H14N2O2. The molecule has 0 aliphatic rings. The van der Waals surface area contributed by atoms with Gasteiger partial charge in [0.1, 0.15) is 6.17 Å². The number of amides is 2. The summed E-state index contributed by atoms with van der Waals surface area (Å²) in [5.41, 5.74) is 0. The Morgan fingerprint density at radius 3 is 2.00 bits per heavy atom. The number of hydrogen-bond acceptors (Lipinski definition) is 2. The van der Waals surface area contributed by atoms with Gasteiger partial charge in [0.25, 0.3) is 0 Å². The Morgan fingerprint density at radius 2 is 1.73 bits per heavy atom. The summed E-state index contributed by atoms with van der Waals surface area (Å²) in [6.07, 6.45) is 1.85. The molecule has 0 saturated heterocycles. The van der Waals surface area contributed by atoms with E-state index < -0.39 is 0 Å². The molecule has 11 heavy (non-hydrogen) atoms. The van der Waals surface area contributed by atoms with Crippen LogP contribution in [0, 0.1) is 5.92 Å². The molecule has 0 aromatic carbocycles. The van der Waals surface area contributed by atoms with Gasteiger partial charge in [0, 0.05) is 0 Å². The standard InChI is InChI=1S/C7H14N2O2/c1-3-6(2)7(8-4-10)9-5-11/h4-7H,3H2,1-2H3,(H,8,10)(H,9,11). The van der Waals surface area contributed by atoms with Crippen molar-refractivity contribution in [2.24, 2.45) is 5.92 Å². The van der Waals surface area contributed by atoms with Gasteiger partial charge in [-0.05, 0) is 12.3 Å². The zero-order valence-electron chi connectivity index (χ0n) is 6.83. The Labute approximate surface area is 66.4 Å². The van der Waals surface area contributed by atoms with Crippen molar-refractivity contribution in [1.82, 2.24) is 10.6 Å². The van der Waals surface area contributed by atoms with Crippen LogP contribution in [-0.4, -0.2) is 19.0 Å². The van der Waals surface area contributed by atoms with Crippen molar-refractivity contribution in [3.63, 3.8) is 0 Å². The van der Waals surface area contributed by atoms with E-state index in [9.17, 15) is 9.59 Å². The third-order valence-corrected chi connectivity index (χ3v) is 1.71. The van der Waals surface area contributed by atoms with Crippen molar-refractivity contribution >= 4 is 12.8 Å². The molecule has 0 radical (unpaired) electrons. The van der Waals surface area contributed by atoms with Gasteiger partial charge < -0.3 is 10.6 Å². The van der Waals surface area contributed by atoms with Crippen LogP contribution >= 0.6 is 0 Å². The summed E-state index contributed by atoms with van der Waals surface area (Å²) in [4.78, 5) is 20.1. The summed E-state index contributed by atoms with van der Waals surface area (Å²) in [5, 5.41) is 5.02. The average Bonchev–Trinajstić information content (AvgIpc) is 2.03. The van der Waals surface area contributed by atoms with E-state index in [4.69, 9.17) is 0 Å². The second kappa shape index (κ2) is 5.70. The Bertz CT molecular complexity index is 118. The van der Waals surface area contributed by atoms with Gasteiger partial charge >= 0.3 is 0 Å². The molecule has 4 heteroatoms. The highest BCUT2D eigenvalue weighted by Crippen LogP contribution is 2.03. The van der Waals surface area contributed by atoms with Crippen molar-refractivity contribution in [2.45, 2.75) is 26.4 Å². The second-order valence-corrected chi connectivity index (χ2v) is 2.43. The molecule has 1 atom stereocenters. The Kier molecular flexibility index (Phi) is 5.15. The van der Waals surface area contributed by atoms with Gasteiger partial charge in [0.05, 0.1) is 0 Å². The van der Waals surface area contributed by atoms with Gasteiger partial charge in [-0.15, -0.1) is 0 Å². The maximum atomic E-state index is 10.0. The van der Waals surface area contributed by atoms with Crippen LogP contribution in [0.5, 0.6) is 0 Å². The molecule has 0 fully saturated rings. The first kappa shape index (κ1) is 9.94. The summed E-state index contributed by atoms with van der Waals surface area (Å²) in [7, 11) is 0. The molecule has 1 unspecified atom stereocenters. The van der Waals surface area contributed by atoms with Gasteiger partial charge in [0.15, 0.2) is 0 Å². The fourth-order valence-corrected chi connectivity index (χ4v) is 0.759. The first-order valence-electron chi connectivity index (χ1n) is 3.65. The SMILES string of the molecule is CCC(C)C(NC=O)NC=O. The fourth-order valence-electron chi connectivity index (χ4n) is 0.759. The molecule has 0 bridgehead atoms. The molecule has 0 heterocycles. The Hall–Kier alpha value is -1.06. The number of nitrogens with one attached hydrogen (secondary N) is 2. The maximum absolute atomic E-state index is 10.0. The van der Waals surface area contributed by atoms with Gasteiger partial charge in [-0.2, -0.15) is 0 Å². The van der Waals surface area contributed by atoms with Crippen molar-refractivity contribution in [1.29, 1.82) is 0 Å². The van der Waals surface area contributed by atoms with Gasteiger partial charge in [-0.25, -0.2) is 0 Å². The lowest BCUT2D eigenvalue weighted by Crippen LogP contribution is -2.45. The summed E-state index contributed by atoms with van der Waals surface area (Å²) < 4.78 is 0. The van der Waals surface area contributed by atoms with Crippen molar-refractivity contribution in [3.05, 3.63) is 0 Å². The molecule has 0 aromatic heterocycles. The Balaban J connectivity index is 3.84. The fraction of sp³-hybridized carbons (Fsp3) is 0.714. The monoisotopic (exact) mass is 158 g/mol. The van der Waals surface area contributed by atoms with Crippen LogP contribution in [0.25, 0.3) is 0 Å². The first-order chi connectivity index (χ1) is 5.26. The lowest BCUT2D eigenvalue weighted by atomic mass is 10.1. The van der Waals surface area contributed by atoms with Crippen LogP contribution in [0.3, 0.4) is 0 Å². The third kappa shape index (κ3) is 3.60. The molecular weight excluding hydrogens is 144 g/mol. The van der Waals surface area contributed by atoms with Crippen LogP contribution < -0.4 is 10.6 Å². The molecule has 0 saturated carbocycles. The average molecular weight is 158 g/mol. The van der Waals surface area contributed by atoms with Crippen LogP contribution in [0.1, 0.15) is 20.3 Å². The van der Waals surface area contributed by atoms with E-state index in [2.05, 4.69) is 10.6 Å². The van der Waals surface area contributed by atoms with E-state index in [1.807, 2.05) is 13.8 Å². The minimum Gasteiger partial charge on any atom is -0.338 e. The summed E-state index contributed by atoms with van der Waals surface area (Å²) in [5.74, 6) is 0.255. The van der Waals surface area contributed by atoms with Crippen molar-refractivity contribution < 1.29 is 9.59 Å². The number of carbonyl (C=O) groups excluding carboxylic acids is 2. The summed E-state index contributed by atoms with van der Waals surface area (Å²) in [6.45, 7) is 3.95. The van der Waals surface area contributed by atoms with Gasteiger partial charge in [0.2, 0.25) is 12.8 Å². The lowest BCUT2D eigenvalue weighted by Gasteiger charge is -2.20. The van der Waals surface area contributed by atoms with Gasteiger partial charge in [-0.1, -0.05) is 13.8 Å². The smallest absolute Gasteiger partial charge is 0.208 e. The molecule has 4 nitrogen and oxygen atoms in total. The maximum Gasteiger partial charge on any atom is 0.208 e. The lowest BCUT2D eigenvalue weighted by molar-refractivity contribution is -0.112. The van der Waals surface area contributed by atoms with Crippen LogP contribution in [0.2, 0.25) is 0 Å². The predicted octanol–water partition coefficient (Wildman–Crippen LogP) is -0.149. The summed E-state index contributed by atoms with van der Waals surface area (Å²) >= 11 is 0. The molecule has 2 N–H and O–H groups in total. The van der Waals surface area contributed by atoms with E-state index in [0.717, 1.165) is 6.42 Å². The second-order valence-electron chi connectivity index (χ2n) is 2.43. The molecule has 0 aromatic rings. The minimum atomic E-state index is -0.241. The normalized spacial score (nSPS) is 12.3. The molecule has 0 spiro atoms. The number of rotatable bonds is 6. The molecule has 0 aliphatic heterocycles. The van der Waals surface area contributed by atoms with Crippen molar-refractivity contribution in [3.8, 4) is 0 Å². The summed E-state index contributed by atoms with van der Waals surface area (Å²) in [6, 6.07) is 0. The van der Waals surface area contributed by atoms with Crippen LogP contribution in [0.15, 0.2) is 0 Å². The highest BCUT2D eigenvalue weighted by Gasteiger charge is 2.12. The third-order valence-electron chi connectivity index (χ3n) is 1.71. The van der Waals surface area contributed by atoms with E-state index in [1.54, 1.807) is 0 Å². The first-order valence-corrected chi connectivity index (χ1v) is 3.65. The highest BCUT2D eigenvalue weighted by molar-refractivity contribution is 5.50. The van der Waals surface area contributed by atoms with Gasteiger partial charge in [-0.3, -0.25) is 9.59 Å². The largest absolute Gasteiger partial charge is 0.338 e. The topological polar surface area (TPSA) is 58.2 Å².